The molecule has 2 rings (SSSR count). The van der Waals surface area contributed by atoms with Gasteiger partial charge in [0.1, 0.15) is 0 Å². The van der Waals surface area contributed by atoms with Crippen molar-refractivity contribution in [1.82, 2.24) is 0 Å². The van der Waals surface area contributed by atoms with Gasteiger partial charge in [-0.2, -0.15) is 0 Å². The van der Waals surface area contributed by atoms with Gasteiger partial charge in [0, 0.05) is 7.11 Å². The summed E-state index contributed by atoms with van der Waals surface area (Å²) in [7, 11) is 1.73. The van der Waals surface area contributed by atoms with Gasteiger partial charge in [0.25, 0.3) is 0 Å². The number of benzene rings is 2. The molecule has 0 atom stereocenters. The van der Waals surface area contributed by atoms with Crippen molar-refractivity contribution in [2.75, 3.05) is 7.11 Å². The molecule has 1 heteroatoms. The Hall–Kier alpha value is -1.34. The van der Waals surface area contributed by atoms with Gasteiger partial charge in [-0.05, 0) is 47.4 Å². The highest BCUT2D eigenvalue weighted by atomic mass is 16.5. The fraction of sp³-hybridized carbons (Fsp3) is 0.286. The number of rotatable bonds is 2. The van der Waals surface area contributed by atoms with Gasteiger partial charge < -0.3 is 4.74 Å². The van der Waals surface area contributed by atoms with Crippen molar-refractivity contribution in [2.24, 2.45) is 0 Å². The van der Waals surface area contributed by atoms with Crippen molar-refractivity contribution in [3.8, 4) is 0 Å². The summed E-state index contributed by atoms with van der Waals surface area (Å²) in [6.45, 7) is 4.99. The quantitative estimate of drug-likeness (QED) is 0.719. The summed E-state index contributed by atoms with van der Waals surface area (Å²) in [5.74, 6) is 0. The molecule has 0 bridgehead atoms. The van der Waals surface area contributed by atoms with Gasteiger partial charge >= 0.3 is 0 Å². The smallest absolute Gasteiger partial charge is 0.0713 e. The lowest BCUT2D eigenvalue weighted by Crippen LogP contribution is -1.89. The molecule has 0 aliphatic heterocycles. The topological polar surface area (TPSA) is 9.23 Å². The second-order valence-corrected chi connectivity index (χ2v) is 4.01. The number of methoxy groups -OCH3 is 1. The third-order valence-electron chi connectivity index (χ3n) is 2.83. The van der Waals surface area contributed by atoms with E-state index in [1.165, 1.54) is 27.5 Å². The molecule has 0 amide bonds. The molecule has 0 spiro atoms. The highest BCUT2D eigenvalue weighted by Gasteiger charge is 2.01. The molecule has 78 valence electrons. The van der Waals surface area contributed by atoms with Crippen LogP contribution in [0.2, 0.25) is 0 Å². The van der Waals surface area contributed by atoms with Crippen LogP contribution < -0.4 is 0 Å². The first-order valence-corrected chi connectivity index (χ1v) is 5.20. The van der Waals surface area contributed by atoms with Gasteiger partial charge in [0.2, 0.25) is 0 Å². The predicted molar refractivity (Wildman–Crippen MR) is 64.1 cm³/mol. The Bertz CT molecular complexity index is 486. The molecule has 0 saturated heterocycles. The molecule has 0 aliphatic carbocycles. The standard InChI is InChI=1S/C14H16O/c1-10-4-5-11(2)14-8-12(9-15-3)6-7-13(10)14/h4-8H,9H2,1-3H3. The molecule has 15 heavy (non-hydrogen) atoms. The molecule has 0 N–H and O–H groups in total. The Morgan fingerprint density at radius 1 is 0.933 bits per heavy atom. The lowest BCUT2D eigenvalue weighted by Gasteiger charge is -2.07. The number of fused-ring (bicyclic) bond motifs is 1. The van der Waals surface area contributed by atoms with Crippen LogP contribution >= 0.6 is 0 Å². The number of hydrogen-bond donors (Lipinski definition) is 0. The SMILES string of the molecule is COCc1ccc2c(C)ccc(C)c2c1. The molecule has 2 aromatic carbocycles. The van der Waals surface area contributed by atoms with Gasteiger partial charge in [0.15, 0.2) is 0 Å². The summed E-state index contributed by atoms with van der Waals surface area (Å²) in [6.07, 6.45) is 0. The first-order valence-electron chi connectivity index (χ1n) is 5.20. The van der Waals surface area contributed by atoms with E-state index in [1.807, 2.05) is 0 Å². The minimum Gasteiger partial charge on any atom is -0.380 e. The van der Waals surface area contributed by atoms with E-state index in [1.54, 1.807) is 7.11 Å². The Morgan fingerprint density at radius 2 is 1.60 bits per heavy atom. The highest BCUT2D eigenvalue weighted by Crippen LogP contribution is 2.23. The van der Waals surface area contributed by atoms with Crippen molar-refractivity contribution in [3.63, 3.8) is 0 Å². The van der Waals surface area contributed by atoms with Crippen LogP contribution in [0, 0.1) is 13.8 Å². The lowest BCUT2D eigenvalue weighted by molar-refractivity contribution is 0.185. The second kappa shape index (κ2) is 4.03. The molecule has 1 nitrogen and oxygen atoms in total. The Balaban J connectivity index is 2.65. The molecule has 0 saturated carbocycles. The lowest BCUT2D eigenvalue weighted by atomic mass is 9.99. The minimum absolute atomic E-state index is 0.684. The average molecular weight is 200 g/mol. The monoisotopic (exact) mass is 200 g/mol. The zero-order chi connectivity index (χ0) is 10.8. The van der Waals surface area contributed by atoms with E-state index >= 15 is 0 Å². The fourth-order valence-corrected chi connectivity index (χ4v) is 1.95. The van der Waals surface area contributed by atoms with Crippen molar-refractivity contribution < 1.29 is 4.74 Å². The van der Waals surface area contributed by atoms with Gasteiger partial charge in [-0.25, -0.2) is 0 Å². The predicted octanol–water partition coefficient (Wildman–Crippen LogP) is 3.60. The van der Waals surface area contributed by atoms with E-state index in [2.05, 4.69) is 44.2 Å². The number of aryl methyl sites for hydroxylation is 2. The third kappa shape index (κ3) is 1.88. The van der Waals surface area contributed by atoms with Gasteiger partial charge in [-0.3, -0.25) is 0 Å². The van der Waals surface area contributed by atoms with Gasteiger partial charge in [-0.15, -0.1) is 0 Å². The largest absolute Gasteiger partial charge is 0.380 e. The van der Waals surface area contributed by atoms with Gasteiger partial charge in [0.05, 0.1) is 6.61 Å². The van der Waals surface area contributed by atoms with Crippen LogP contribution in [0.1, 0.15) is 16.7 Å². The van der Waals surface area contributed by atoms with Crippen LogP contribution in [-0.2, 0) is 11.3 Å². The summed E-state index contributed by atoms with van der Waals surface area (Å²) in [4.78, 5) is 0. The Morgan fingerprint density at radius 3 is 2.27 bits per heavy atom. The molecule has 0 unspecified atom stereocenters. The minimum atomic E-state index is 0.684. The van der Waals surface area contributed by atoms with Crippen molar-refractivity contribution >= 4 is 10.8 Å². The maximum absolute atomic E-state index is 5.15. The first kappa shape index (κ1) is 10.2. The molecule has 0 heterocycles. The Labute approximate surface area is 90.7 Å². The third-order valence-corrected chi connectivity index (χ3v) is 2.83. The van der Waals surface area contributed by atoms with Crippen LogP contribution in [-0.4, -0.2) is 7.11 Å². The normalized spacial score (nSPS) is 10.9. The Kier molecular flexibility index (Phi) is 2.74. The van der Waals surface area contributed by atoms with Gasteiger partial charge in [-0.1, -0.05) is 24.3 Å². The number of ether oxygens (including phenoxy) is 1. The van der Waals surface area contributed by atoms with Crippen LogP contribution in [0.3, 0.4) is 0 Å². The summed E-state index contributed by atoms with van der Waals surface area (Å²) >= 11 is 0. The fourth-order valence-electron chi connectivity index (χ4n) is 1.95. The molecule has 0 radical (unpaired) electrons. The molecule has 2 aromatic rings. The molecular formula is C14H16O. The summed E-state index contributed by atoms with van der Waals surface area (Å²) in [5.41, 5.74) is 3.90. The van der Waals surface area contributed by atoms with E-state index in [0.717, 1.165) is 0 Å². The molecular weight excluding hydrogens is 184 g/mol. The van der Waals surface area contributed by atoms with E-state index in [-0.39, 0.29) is 0 Å². The average Bonchev–Trinajstić information content (AvgIpc) is 2.24. The van der Waals surface area contributed by atoms with Crippen LogP contribution in [0.25, 0.3) is 10.8 Å². The van der Waals surface area contributed by atoms with E-state index in [4.69, 9.17) is 4.74 Å². The van der Waals surface area contributed by atoms with E-state index in [9.17, 15) is 0 Å². The molecule has 0 aliphatic rings. The number of hydrogen-bond acceptors (Lipinski definition) is 1. The molecule has 0 aromatic heterocycles. The van der Waals surface area contributed by atoms with Crippen molar-refractivity contribution in [2.45, 2.75) is 20.5 Å². The van der Waals surface area contributed by atoms with E-state index in [0.29, 0.717) is 6.61 Å². The zero-order valence-electron chi connectivity index (χ0n) is 9.50. The highest BCUT2D eigenvalue weighted by molar-refractivity contribution is 5.88. The van der Waals surface area contributed by atoms with Crippen molar-refractivity contribution in [3.05, 3.63) is 47.0 Å². The maximum atomic E-state index is 5.15. The first-order chi connectivity index (χ1) is 7.22. The maximum Gasteiger partial charge on any atom is 0.0713 e. The zero-order valence-corrected chi connectivity index (χ0v) is 9.50. The van der Waals surface area contributed by atoms with Crippen LogP contribution in [0.15, 0.2) is 30.3 Å². The summed E-state index contributed by atoms with van der Waals surface area (Å²) in [5, 5.41) is 2.68. The van der Waals surface area contributed by atoms with Crippen molar-refractivity contribution in [1.29, 1.82) is 0 Å². The molecule has 0 fully saturated rings. The van der Waals surface area contributed by atoms with Crippen LogP contribution in [0.5, 0.6) is 0 Å². The summed E-state index contributed by atoms with van der Waals surface area (Å²) in [6, 6.07) is 10.9. The summed E-state index contributed by atoms with van der Waals surface area (Å²) < 4.78 is 5.15. The second-order valence-electron chi connectivity index (χ2n) is 4.01. The van der Waals surface area contributed by atoms with E-state index < -0.39 is 0 Å². The van der Waals surface area contributed by atoms with Crippen LogP contribution in [0.4, 0.5) is 0 Å².